The minimum absolute atomic E-state index is 0.0144. The summed E-state index contributed by atoms with van der Waals surface area (Å²) in [6, 6.07) is 6.77. The average Bonchev–Trinajstić information content (AvgIpc) is 3.61. The number of pyridine rings is 2. The Kier molecular flexibility index (Phi) is 5.47. The second kappa shape index (κ2) is 8.65. The number of halogens is 2. The van der Waals surface area contributed by atoms with Crippen LogP contribution < -0.4 is 15.5 Å². The van der Waals surface area contributed by atoms with Crippen LogP contribution in [0.3, 0.4) is 0 Å². The first-order chi connectivity index (χ1) is 16.5. The predicted molar refractivity (Wildman–Crippen MR) is 129 cm³/mol. The highest BCUT2D eigenvalue weighted by Gasteiger charge is 2.35. The van der Waals surface area contributed by atoms with Crippen molar-refractivity contribution in [1.29, 1.82) is 0 Å². The van der Waals surface area contributed by atoms with Crippen LogP contribution >= 0.6 is 0 Å². The molecule has 1 saturated heterocycles. The average molecular weight is 469 g/mol. The van der Waals surface area contributed by atoms with Crippen LogP contribution in [-0.4, -0.2) is 69.0 Å². The molecule has 2 saturated carbocycles. The quantitative estimate of drug-likeness (QED) is 0.495. The van der Waals surface area contributed by atoms with Crippen molar-refractivity contribution in [2.45, 2.75) is 56.5 Å². The van der Waals surface area contributed by atoms with Crippen LogP contribution in [0, 0.1) is 0 Å². The summed E-state index contributed by atoms with van der Waals surface area (Å²) in [5, 5.41) is 6.51. The Morgan fingerprint density at radius 3 is 2.41 bits per heavy atom. The summed E-state index contributed by atoms with van der Waals surface area (Å²) in [7, 11) is 0. The maximum absolute atomic E-state index is 13.4. The van der Waals surface area contributed by atoms with Crippen LogP contribution in [0.1, 0.15) is 38.5 Å². The summed E-state index contributed by atoms with van der Waals surface area (Å²) in [6.45, 7) is 4.34. The predicted octanol–water partition coefficient (Wildman–Crippen LogP) is 4.37. The molecule has 2 aliphatic carbocycles. The molecular formula is C24H30F2N8. The van der Waals surface area contributed by atoms with Crippen molar-refractivity contribution in [3.63, 3.8) is 0 Å². The second-order valence-electron chi connectivity index (χ2n) is 9.73. The fraction of sp³-hybridized carbons (Fsp3) is 0.542. The second-order valence-corrected chi connectivity index (χ2v) is 9.73. The monoisotopic (exact) mass is 468 g/mol. The Bertz CT molecular complexity index is 1130. The molecule has 4 heterocycles. The topological polar surface area (TPSA) is 85.0 Å². The van der Waals surface area contributed by atoms with Gasteiger partial charge in [-0.3, -0.25) is 4.90 Å². The summed E-state index contributed by atoms with van der Waals surface area (Å²) < 4.78 is 26.8. The van der Waals surface area contributed by atoms with E-state index in [1.807, 2.05) is 18.3 Å². The van der Waals surface area contributed by atoms with E-state index in [9.17, 15) is 8.78 Å². The maximum Gasteiger partial charge on any atom is 0.248 e. The number of hydrogen-bond acceptors (Lipinski definition) is 7. The standard InChI is InChI=1S/C24H30F2N8/c25-24(26)7-5-16(6-8-24)29-22-13-19-20(15-28-22)31-23(30-19)32-21-4-3-18(14-27-21)34-11-9-33(10-12-34)17-1-2-17/h3-4,13-17H,1-2,5-12H2,(H,28,29)(H2,27,30,31,32). The van der Waals surface area contributed by atoms with Gasteiger partial charge in [0.05, 0.1) is 29.1 Å². The van der Waals surface area contributed by atoms with Crippen molar-refractivity contribution < 1.29 is 8.78 Å². The van der Waals surface area contributed by atoms with E-state index in [0.29, 0.717) is 30.4 Å². The van der Waals surface area contributed by atoms with Gasteiger partial charge in [0.1, 0.15) is 11.6 Å². The van der Waals surface area contributed by atoms with Crippen LogP contribution in [-0.2, 0) is 0 Å². The van der Waals surface area contributed by atoms with Crippen molar-refractivity contribution in [3.8, 4) is 0 Å². The van der Waals surface area contributed by atoms with Gasteiger partial charge in [0, 0.05) is 57.2 Å². The number of hydrogen-bond donors (Lipinski definition) is 3. The first kappa shape index (κ1) is 21.5. The van der Waals surface area contributed by atoms with E-state index in [1.165, 1.54) is 12.8 Å². The molecular weight excluding hydrogens is 438 g/mol. The number of rotatable bonds is 6. The van der Waals surface area contributed by atoms with E-state index >= 15 is 0 Å². The summed E-state index contributed by atoms with van der Waals surface area (Å²) in [5.41, 5.74) is 2.70. The van der Waals surface area contributed by atoms with E-state index in [4.69, 9.17) is 0 Å². The minimum atomic E-state index is -2.53. The highest BCUT2D eigenvalue weighted by Crippen LogP contribution is 2.34. The molecule has 0 spiro atoms. The third-order valence-corrected chi connectivity index (χ3v) is 7.17. The van der Waals surface area contributed by atoms with Gasteiger partial charge in [-0.2, -0.15) is 0 Å². The smallest absolute Gasteiger partial charge is 0.248 e. The van der Waals surface area contributed by atoms with Gasteiger partial charge in [-0.1, -0.05) is 0 Å². The number of H-pyrrole nitrogens is 1. The van der Waals surface area contributed by atoms with Crippen molar-refractivity contribution in [3.05, 3.63) is 30.6 Å². The first-order valence-corrected chi connectivity index (χ1v) is 12.2. The van der Waals surface area contributed by atoms with Crippen molar-refractivity contribution >= 4 is 34.3 Å². The molecule has 0 radical (unpaired) electrons. The molecule has 0 aromatic carbocycles. The van der Waals surface area contributed by atoms with Gasteiger partial charge in [-0.25, -0.2) is 23.7 Å². The van der Waals surface area contributed by atoms with Gasteiger partial charge in [0.15, 0.2) is 0 Å². The van der Waals surface area contributed by atoms with E-state index in [-0.39, 0.29) is 18.9 Å². The molecule has 34 heavy (non-hydrogen) atoms. The Hall–Kier alpha value is -3.01. The molecule has 0 unspecified atom stereocenters. The number of piperazine rings is 1. The highest BCUT2D eigenvalue weighted by molar-refractivity contribution is 5.79. The lowest BCUT2D eigenvalue weighted by molar-refractivity contribution is -0.0361. The molecule has 1 aliphatic heterocycles. The zero-order valence-corrected chi connectivity index (χ0v) is 19.1. The number of alkyl halides is 2. The Morgan fingerprint density at radius 2 is 1.71 bits per heavy atom. The Balaban J connectivity index is 1.07. The lowest BCUT2D eigenvalue weighted by Gasteiger charge is -2.36. The molecule has 3 fully saturated rings. The van der Waals surface area contributed by atoms with Gasteiger partial charge in [-0.15, -0.1) is 0 Å². The van der Waals surface area contributed by atoms with Gasteiger partial charge >= 0.3 is 0 Å². The summed E-state index contributed by atoms with van der Waals surface area (Å²) in [6.07, 6.45) is 7.08. The maximum atomic E-state index is 13.4. The van der Waals surface area contributed by atoms with Gasteiger partial charge in [0.25, 0.3) is 0 Å². The summed E-state index contributed by atoms with van der Waals surface area (Å²) >= 11 is 0. The highest BCUT2D eigenvalue weighted by atomic mass is 19.3. The third-order valence-electron chi connectivity index (χ3n) is 7.17. The molecule has 0 atom stereocenters. The van der Waals surface area contributed by atoms with E-state index in [2.05, 4.69) is 46.4 Å². The molecule has 0 amide bonds. The number of aromatic nitrogens is 4. The van der Waals surface area contributed by atoms with Crippen LogP contribution in [0.15, 0.2) is 30.6 Å². The number of fused-ring (bicyclic) bond motifs is 1. The van der Waals surface area contributed by atoms with Gasteiger partial charge in [-0.05, 0) is 37.8 Å². The molecule has 6 rings (SSSR count). The lowest BCUT2D eigenvalue weighted by Crippen LogP contribution is -2.47. The Labute approximate surface area is 197 Å². The third kappa shape index (κ3) is 4.77. The number of imidazole rings is 1. The molecule has 3 aromatic rings. The van der Waals surface area contributed by atoms with Gasteiger partial charge < -0.3 is 20.5 Å². The SMILES string of the molecule is FC1(F)CCC(Nc2cc3nc(Nc4ccc(N5CCN(C6CC6)CC5)cn4)[nH]c3cn2)CC1. The van der Waals surface area contributed by atoms with Crippen molar-refractivity contribution in [1.82, 2.24) is 24.8 Å². The van der Waals surface area contributed by atoms with E-state index < -0.39 is 5.92 Å². The zero-order chi connectivity index (χ0) is 23.1. The largest absolute Gasteiger partial charge is 0.368 e. The fourth-order valence-electron chi connectivity index (χ4n) is 4.99. The number of aromatic amines is 1. The molecule has 10 heteroatoms. The number of nitrogens with zero attached hydrogens (tertiary/aromatic N) is 5. The molecule has 0 bridgehead atoms. The molecule has 3 N–H and O–H groups in total. The number of anilines is 4. The minimum Gasteiger partial charge on any atom is -0.368 e. The zero-order valence-electron chi connectivity index (χ0n) is 19.1. The van der Waals surface area contributed by atoms with Crippen LogP contribution in [0.4, 0.5) is 32.1 Å². The summed E-state index contributed by atoms with van der Waals surface area (Å²) in [5.74, 6) is -0.571. The Morgan fingerprint density at radius 1 is 0.941 bits per heavy atom. The molecule has 180 valence electrons. The normalized spacial score (nSPS) is 21.6. The summed E-state index contributed by atoms with van der Waals surface area (Å²) in [4.78, 5) is 21.8. The number of nitrogens with one attached hydrogen (secondary N) is 3. The van der Waals surface area contributed by atoms with Gasteiger partial charge in [0.2, 0.25) is 11.9 Å². The fourth-order valence-corrected chi connectivity index (χ4v) is 4.99. The van der Waals surface area contributed by atoms with E-state index in [0.717, 1.165) is 48.9 Å². The van der Waals surface area contributed by atoms with Crippen molar-refractivity contribution in [2.24, 2.45) is 0 Å². The lowest BCUT2D eigenvalue weighted by atomic mass is 9.92. The van der Waals surface area contributed by atoms with Crippen LogP contribution in [0.25, 0.3) is 11.0 Å². The first-order valence-electron chi connectivity index (χ1n) is 12.2. The molecule has 3 aliphatic rings. The molecule has 8 nitrogen and oxygen atoms in total. The van der Waals surface area contributed by atoms with E-state index in [1.54, 1.807) is 6.20 Å². The van der Waals surface area contributed by atoms with Crippen LogP contribution in [0.5, 0.6) is 0 Å². The molecule has 3 aromatic heterocycles. The van der Waals surface area contributed by atoms with Crippen LogP contribution in [0.2, 0.25) is 0 Å². The van der Waals surface area contributed by atoms with Crippen molar-refractivity contribution in [2.75, 3.05) is 41.7 Å².